The minimum absolute atomic E-state index is 0.784. The molecule has 2 aromatic heterocycles. The van der Waals surface area contributed by atoms with Crippen molar-refractivity contribution in [1.82, 2.24) is 15.1 Å². The summed E-state index contributed by atoms with van der Waals surface area (Å²) >= 11 is 0. The lowest BCUT2D eigenvalue weighted by atomic mass is 10.2. The second-order valence-electron chi connectivity index (χ2n) is 3.92. The Morgan fingerprint density at radius 3 is 3.00 bits per heavy atom. The molecule has 0 unspecified atom stereocenters. The van der Waals surface area contributed by atoms with Crippen LogP contribution in [0.2, 0.25) is 0 Å². The zero-order chi connectivity index (χ0) is 11.4. The van der Waals surface area contributed by atoms with Gasteiger partial charge in [-0.25, -0.2) is 0 Å². The average Bonchev–Trinajstić information content (AvgIpc) is 2.84. The van der Waals surface area contributed by atoms with E-state index in [0.717, 1.165) is 31.0 Å². The number of nitrogens with zero attached hydrogens (tertiary/aromatic N) is 2. The molecule has 4 heteroatoms. The molecule has 0 saturated heterocycles. The predicted molar refractivity (Wildman–Crippen MR) is 62.1 cm³/mol. The zero-order valence-electron chi connectivity index (χ0n) is 9.73. The standard InChI is InChI=1S/C12H17N3O/c1-10-11(9-15(2)14-10)5-6-13-8-12-4-3-7-16-12/h3-4,7,9,13H,5-6,8H2,1-2H3. The summed E-state index contributed by atoms with van der Waals surface area (Å²) in [6.07, 6.45) is 4.77. The van der Waals surface area contributed by atoms with Gasteiger partial charge in [-0.05, 0) is 37.6 Å². The minimum atomic E-state index is 0.784. The van der Waals surface area contributed by atoms with E-state index in [2.05, 4.69) is 16.6 Å². The zero-order valence-corrected chi connectivity index (χ0v) is 9.73. The Balaban J connectivity index is 1.74. The summed E-state index contributed by atoms with van der Waals surface area (Å²) in [5.41, 5.74) is 2.41. The molecule has 0 aliphatic rings. The number of hydrogen-bond acceptors (Lipinski definition) is 3. The Hall–Kier alpha value is -1.55. The average molecular weight is 219 g/mol. The van der Waals surface area contributed by atoms with Crippen LogP contribution in [0.15, 0.2) is 29.0 Å². The van der Waals surface area contributed by atoms with Crippen molar-refractivity contribution in [3.05, 3.63) is 41.6 Å². The highest BCUT2D eigenvalue weighted by Gasteiger charge is 2.02. The predicted octanol–water partition coefficient (Wildman–Crippen LogP) is 1.65. The fourth-order valence-corrected chi connectivity index (χ4v) is 1.74. The maximum Gasteiger partial charge on any atom is 0.117 e. The van der Waals surface area contributed by atoms with Crippen molar-refractivity contribution in [2.45, 2.75) is 19.9 Å². The van der Waals surface area contributed by atoms with Gasteiger partial charge in [-0.2, -0.15) is 5.10 Å². The van der Waals surface area contributed by atoms with Gasteiger partial charge in [0.25, 0.3) is 0 Å². The van der Waals surface area contributed by atoms with Crippen LogP contribution in [0.1, 0.15) is 17.0 Å². The van der Waals surface area contributed by atoms with Gasteiger partial charge >= 0.3 is 0 Å². The van der Waals surface area contributed by atoms with Crippen LogP contribution < -0.4 is 5.32 Å². The van der Waals surface area contributed by atoms with Crippen LogP contribution in [0.4, 0.5) is 0 Å². The second kappa shape index (κ2) is 4.99. The lowest BCUT2D eigenvalue weighted by Crippen LogP contribution is -2.16. The highest BCUT2D eigenvalue weighted by atomic mass is 16.3. The van der Waals surface area contributed by atoms with Gasteiger partial charge in [-0.1, -0.05) is 0 Å². The molecule has 86 valence electrons. The van der Waals surface area contributed by atoms with Crippen LogP contribution in [0.5, 0.6) is 0 Å². The van der Waals surface area contributed by atoms with Gasteiger partial charge in [0.15, 0.2) is 0 Å². The van der Waals surface area contributed by atoms with Crippen molar-refractivity contribution in [2.75, 3.05) is 6.54 Å². The number of hydrogen-bond donors (Lipinski definition) is 1. The molecule has 0 bridgehead atoms. The molecule has 0 aliphatic carbocycles. The highest BCUT2D eigenvalue weighted by Crippen LogP contribution is 2.05. The molecule has 1 N–H and O–H groups in total. The van der Waals surface area contributed by atoms with Gasteiger partial charge in [0, 0.05) is 13.2 Å². The molecule has 0 radical (unpaired) electrons. The fraction of sp³-hybridized carbons (Fsp3) is 0.417. The quantitative estimate of drug-likeness (QED) is 0.778. The molecule has 2 heterocycles. The van der Waals surface area contributed by atoms with Crippen LogP contribution in [0.3, 0.4) is 0 Å². The number of aromatic nitrogens is 2. The van der Waals surface area contributed by atoms with Crippen LogP contribution in [0, 0.1) is 6.92 Å². The van der Waals surface area contributed by atoms with E-state index in [0.29, 0.717) is 0 Å². The normalized spacial score (nSPS) is 10.9. The number of rotatable bonds is 5. The molecule has 0 atom stereocenters. The Kier molecular flexibility index (Phi) is 3.41. The highest BCUT2D eigenvalue weighted by molar-refractivity contribution is 5.15. The van der Waals surface area contributed by atoms with E-state index in [4.69, 9.17) is 4.42 Å². The Bertz CT molecular complexity index is 431. The van der Waals surface area contributed by atoms with E-state index in [1.54, 1.807) is 6.26 Å². The number of nitrogens with one attached hydrogen (secondary N) is 1. The molecular formula is C12H17N3O. The van der Waals surface area contributed by atoms with Crippen LogP contribution in [-0.2, 0) is 20.0 Å². The molecule has 2 rings (SSSR count). The molecule has 0 spiro atoms. The summed E-state index contributed by atoms with van der Waals surface area (Å²) in [7, 11) is 1.95. The first-order valence-electron chi connectivity index (χ1n) is 5.48. The van der Waals surface area contributed by atoms with E-state index in [1.165, 1.54) is 5.56 Å². The molecule has 0 saturated carbocycles. The summed E-state index contributed by atoms with van der Waals surface area (Å²) in [6, 6.07) is 3.88. The maximum atomic E-state index is 5.23. The van der Waals surface area contributed by atoms with E-state index in [1.807, 2.05) is 30.8 Å². The van der Waals surface area contributed by atoms with E-state index in [9.17, 15) is 0 Å². The number of aryl methyl sites for hydroxylation is 2. The topological polar surface area (TPSA) is 43.0 Å². The first kappa shape index (κ1) is 11.0. The van der Waals surface area contributed by atoms with Gasteiger partial charge in [0.1, 0.15) is 5.76 Å². The van der Waals surface area contributed by atoms with E-state index in [-0.39, 0.29) is 0 Å². The van der Waals surface area contributed by atoms with Gasteiger partial charge in [0.05, 0.1) is 18.5 Å². The summed E-state index contributed by atoms with van der Waals surface area (Å²) < 4.78 is 7.09. The van der Waals surface area contributed by atoms with Crippen molar-refractivity contribution in [1.29, 1.82) is 0 Å². The summed E-state index contributed by atoms with van der Waals surface area (Å²) in [5.74, 6) is 0.975. The SMILES string of the molecule is Cc1nn(C)cc1CCNCc1ccco1. The molecule has 0 fully saturated rings. The summed E-state index contributed by atoms with van der Waals surface area (Å²) in [6.45, 7) is 3.77. The van der Waals surface area contributed by atoms with Crippen molar-refractivity contribution in [3.8, 4) is 0 Å². The molecule has 0 amide bonds. The summed E-state index contributed by atoms with van der Waals surface area (Å²) in [4.78, 5) is 0. The maximum absolute atomic E-state index is 5.23. The molecule has 4 nitrogen and oxygen atoms in total. The van der Waals surface area contributed by atoms with Crippen LogP contribution in [-0.4, -0.2) is 16.3 Å². The Morgan fingerprint density at radius 1 is 1.50 bits per heavy atom. The van der Waals surface area contributed by atoms with Crippen LogP contribution in [0.25, 0.3) is 0 Å². The van der Waals surface area contributed by atoms with Gasteiger partial charge in [0.2, 0.25) is 0 Å². The smallest absolute Gasteiger partial charge is 0.117 e. The lowest BCUT2D eigenvalue weighted by Gasteiger charge is -2.01. The Morgan fingerprint density at radius 2 is 2.38 bits per heavy atom. The molecular weight excluding hydrogens is 202 g/mol. The largest absolute Gasteiger partial charge is 0.468 e. The number of furan rings is 1. The third kappa shape index (κ3) is 2.73. The molecule has 0 aromatic carbocycles. The lowest BCUT2D eigenvalue weighted by molar-refractivity contribution is 0.484. The molecule has 0 aliphatic heterocycles. The minimum Gasteiger partial charge on any atom is -0.468 e. The van der Waals surface area contributed by atoms with Gasteiger partial charge in [-0.3, -0.25) is 4.68 Å². The van der Waals surface area contributed by atoms with E-state index < -0.39 is 0 Å². The van der Waals surface area contributed by atoms with Crippen LogP contribution >= 0.6 is 0 Å². The first-order chi connectivity index (χ1) is 7.75. The Labute approximate surface area is 95.3 Å². The van der Waals surface area contributed by atoms with Gasteiger partial charge in [-0.15, -0.1) is 0 Å². The van der Waals surface area contributed by atoms with Gasteiger partial charge < -0.3 is 9.73 Å². The van der Waals surface area contributed by atoms with Crippen molar-refractivity contribution < 1.29 is 4.42 Å². The molecule has 16 heavy (non-hydrogen) atoms. The first-order valence-corrected chi connectivity index (χ1v) is 5.48. The van der Waals surface area contributed by atoms with Crippen molar-refractivity contribution >= 4 is 0 Å². The molecule has 2 aromatic rings. The fourth-order valence-electron chi connectivity index (χ4n) is 1.74. The van der Waals surface area contributed by atoms with Crippen molar-refractivity contribution in [2.24, 2.45) is 7.05 Å². The van der Waals surface area contributed by atoms with E-state index >= 15 is 0 Å². The summed E-state index contributed by atoms with van der Waals surface area (Å²) in [5, 5.41) is 7.65. The third-order valence-electron chi connectivity index (χ3n) is 2.57. The third-order valence-corrected chi connectivity index (χ3v) is 2.57. The van der Waals surface area contributed by atoms with Crippen molar-refractivity contribution in [3.63, 3.8) is 0 Å². The monoisotopic (exact) mass is 219 g/mol. The second-order valence-corrected chi connectivity index (χ2v) is 3.92.